The number of carbonyl (C=O) groups excluding carboxylic acids is 2. The molecule has 2 aromatic carbocycles. The third kappa shape index (κ3) is 2.79. The molecule has 1 unspecified atom stereocenters. The van der Waals surface area contributed by atoms with E-state index in [-0.39, 0.29) is 17.1 Å². The van der Waals surface area contributed by atoms with E-state index in [2.05, 4.69) is 17.1 Å². The number of nitrogens with zero attached hydrogens (tertiary/aromatic N) is 1. The molecule has 1 amide bonds. The van der Waals surface area contributed by atoms with E-state index in [4.69, 9.17) is 4.74 Å². The van der Waals surface area contributed by atoms with Crippen LogP contribution >= 0.6 is 11.8 Å². The van der Waals surface area contributed by atoms with Crippen molar-refractivity contribution in [3.8, 4) is 0 Å². The van der Waals surface area contributed by atoms with Crippen molar-refractivity contribution in [1.82, 2.24) is 9.88 Å². The van der Waals surface area contributed by atoms with E-state index < -0.39 is 0 Å². The fourth-order valence-electron chi connectivity index (χ4n) is 4.17. The number of benzene rings is 2. The number of carbonyl (C=O) groups is 2. The molecule has 2 aliphatic heterocycles. The monoisotopic (exact) mass is 392 g/mol. The van der Waals surface area contributed by atoms with Crippen LogP contribution in [0.2, 0.25) is 0 Å². The topological polar surface area (TPSA) is 62.4 Å². The Labute approximate surface area is 167 Å². The first kappa shape index (κ1) is 17.4. The van der Waals surface area contributed by atoms with E-state index in [0.717, 1.165) is 41.5 Å². The van der Waals surface area contributed by atoms with Crippen LogP contribution < -0.4 is 0 Å². The number of hydrogen-bond acceptors (Lipinski definition) is 4. The lowest BCUT2D eigenvalue weighted by atomic mass is 10.0. The van der Waals surface area contributed by atoms with Crippen LogP contribution in [0.5, 0.6) is 0 Å². The number of H-pyrrole nitrogens is 1. The second-order valence-electron chi connectivity index (χ2n) is 7.26. The Morgan fingerprint density at radius 3 is 2.89 bits per heavy atom. The number of rotatable bonds is 2. The molecule has 0 radical (unpaired) electrons. The second kappa shape index (κ2) is 6.71. The summed E-state index contributed by atoms with van der Waals surface area (Å²) in [6.07, 6.45) is 1.59. The summed E-state index contributed by atoms with van der Waals surface area (Å²) >= 11 is 1.67. The van der Waals surface area contributed by atoms with Crippen LogP contribution in [0.1, 0.15) is 27.2 Å². The molecule has 2 aliphatic rings. The molecule has 3 aromatic rings. The first-order valence-corrected chi connectivity index (χ1v) is 10.3. The van der Waals surface area contributed by atoms with E-state index >= 15 is 0 Å². The molecule has 6 heteroatoms. The van der Waals surface area contributed by atoms with Crippen molar-refractivity contribution in [2.45, 2.75) is 29.5 Å². The summed E-state index contributed by atoms with van der Waals surface area (Å²) in [7, 11) is 1.39. The molecule has 1 N–H and O–H groups in total. The maximum absolute atomic E-state index is 13.2. The first-order valence-electron chi connectivity index (χ1n) is 9.39. The molecule has 0 saturated heterocycles. The molecule has 0 fully saturated rings. The van der Waals surface area contributed by atoms with Gasteiger partial charge in [0.2, 0.25) is 5.91 Å². The number of methoxy groups -OCH3 is 1. The first-order chi connectivity index (χ1) is 13.6. The Kier molecular flexibility index (Phi) is 4.16. The van der Waals surface area contributed by atoms with Gasteiger partial charge in [-0.25, -0.2) is 4.79 Å². The van der Waals surface area contributed by atoms with Crippen molar-refractivity contribution in [3.05, 3.63) is 64.8 Å². The Bertz CT molecular complexity index is 1080. The van der Waals surface area contributed by atoms with Gasteiger partial charge in [0, 0.05) is 46.6 Å². The van der Waals surface area contributed by atoms with Crippen LogP contribution in [0.4, 0.5) is 0 Å². The second-order valence-corrected chi connectivity index (χ2v) is 8.51. The van der Waals surface area contributed by atoms with Crippen molar-refractivity contribution < 1.29 is 14.3 Å². The summed E-state index contributed by atoms with van der Waals surface area (Å²) in [6, 6.07) is 13.8. The van der Waals surface area contributed by atoms with Gasteiger partial charge in [0.05, 0.1) is 17.9 Å². The Hall–Kier alpha value is -2.73. The molecule has 0 saturated carbocycles. The van der Waals surface area contributed by atoms with Crippen molar-refractivity contribution in [2.24, 2.45) is 0 Å². The average Bonchev–Trinajstić information content (AvgIpc) is 3.33. The number of esters is 1. The molecule has 1 atom stereocenters. The van der Waals surface area contributed by atoms with Gasteiger partial charge in [0.1, 0.15) is 0 Å². The van der Waals surface area contributed by atoms with Crippen molar-refractivity contribution in [3.63, 3.8) is 0 Å². The van der Waals surface area contributed by atoms with Crippen LogP contribution in [0, 0.1) is 0 Å². The largest absolute Gasteiger partial charge is 0.465 e. The van der Waals surface area contributed by atoms with Gasteiger partial charge in [-0.05, 0) is 36.2 Å². The van der Waals surface area contributed by atoms with E-state index in [0.29, 0.717) is 12.1 Å². The quantitative estimate of drug-likeness (QED) is 0.678. The minimum Gasteiger partial charge on any atom is -0.465 e. The Balaban J connectivity index is 1.41. The maximum atomic E-state index is 13.2. The van der Waals surface area contributed by atoms with Crippen LogP contribution in [0.25, 0.3) is 10.9 Å². The predicted molar refractivity (Wildman–Crippen MR) is 109 cm³/mol. The minimum atomic E-state index is -0.347. The highest BCUT2D eigenvalue weighted by atomic mass is 32.2. The number of fused-ring (bicyclic) bond motifs is 4. The lowest BCUT2D eigenvalue weighted by molar-refractivity contribution is -0.131. The zero-order chi connectivity index (χ0) is 19.3. The minimum absolute atomic E-state index is 0.0465. The molecule has 0 aliphatic carbocycles. The summed E-state index contributed by atoms with van der Waals surface area (Å²) in [4.78, 5) is 31.7. The van der Waals surface area contributed by atoms with Crippen LogP contribution in [-0.4, -0.2) is 40.7 Å². The van der Waals surface area contributed by atoms with Crippen LogP contribution in [-0.2, 0) is 28.9 Å². The van der Waals surface area contributed by atoms with Gasteiger partial charge in [0.25, 0.3) is 0 Å². The molecule has 0 spiro atoms. The SMILES string of the molecule is COC(=O)c1ccc2[nH]c3c(c2c1)CN(C(=O)C1Cc2ccccc2S1)CC3. The molecule has 3 heterocycles. The van der Waals surface area contributed by atoms with Gasteiger partial charge in [0.15, 0.2) is 0 Å². The molecular formula is C22H20N2O3S. The summed E-state index contributed by atoms with van der Waals surface area (Å²) in [5, 5.41) is 0.951. The average molecular weight is 392 g/mol. The number of thioether (sulfide) groups is 1. The lowest BCUT2D eigenvalue weighted by Gasteiger charge is -2.29. The highest BCUT2D eigenvalue weighted by molar-refractivity contribution is 8.01. The molecule has 28 heavy (non-hydrogen) atoms. The number of amides is 1. The molecule has 5 rings (SSSR count). The Morgan fingerprint density at radius 1 is 1.21 bits per heavy atom. The van der Waals surface area contributed by atoms with E-state index in [1.54, 1.807) is 17.8 Å². The van der Waals surface area contributed by atoms with Gasteiger partial charge >= 0.3 is 5.97 Å². The maximum Gasteiger partial charge on any atom is 0.337 e. The van der Waals surface area contributed by atoms with E-state index in [1.165, 1.54) is 17.6 Å². The van der Waals surface area contributed by atoms with Crippen LogP contribution in [0.3, 0.4) is 0 Å². The summed E-state index contributed by atoms with van der Waals surface area (Å²) < 4.78 is 4.85. The van der Waals surface area contributed by atoms with Crippen molar-refractivity contribution >= 4 is 34.5 Å². The van der Waals surface area contributed by atoms with Gasteiger partial charge in [-0.3, -0.25) is 4.79 Å². The normalized spacial score (nSPS) is 18.0. The summed E-state index contributed by atoms with van der Waals surface area (Å²) in [6.45, 7) is 1.29. The van der Waals surface area contributed by atoms with Gasteiger partial charge in [-0.15, -0.1) is 11.8 Å². The van der Waals surface area contributed by atoms with Gasteiger partial charge in [-0.1, -0.05) is 18.2 Å². The number of ether oxygens (including phenoxy) is 1. The molecular weight excluding hydrogens is 372 g/mol. The number of aromatic amines is 1. The van der Waals surface area contributed by atoms with E-state index in [1.807, 2.05) is 29.2 Å². The predicted octanol–water partition coefficient (Wildman–Crippen LogP) is 3.56. The lowest BCUT2D eigenvalue weighted by Crippen LogP contribution is -2.40. The smallest absolute Gasteiger partial charge is 0.337 e. The van der Waals surface area contributed by atoms with E-state index in [9.17, 15) is 9.59 Å². The van der Waals surface area contributed by atoms with Crippen LogP contribution in [0.15, 0.2) is 47.4 Å². The Morgan fingerprint density at radius 2 is 2.07 bits per heavy atom. The number of aromatic nitrogens is 1. The number of nitrogens with one attached hydrogen (secondary N) is 1. The zero-order valence-corrected chi connectivity index (χ0v) is 16.3. The molecule has 1 aromatic heterocycles. The standard InChI is InChI=1S/C22H20N2O3S/c1-27-22(26)14-6-7-17-15(10-14)16-12-24(9-8-18(16)23-17)21(25)20-11-13-4-2-3-5-19(13)28-20/h2-7,10,20,23H,8-9,11-12H2,1H3. The molecule has 0 bridgehead atoms. The fraction of sp³-hybridized carbons (Fsp3) is 0.273. The summed E-state index contributed by atoms with van der Waals surface area (Å²) in [5.41, 5.74) is 5.05. The third-order valence-electron chi connectivity index (χ3n) is 5.63. The van der Waals surface area contributed by atoms with Crippen molar-refractivity contribution in [2.75, 3.05) is 13.7 Å². The molecule has 142 valence electrons. The third-order valence-corrected chi connectivity index (χ3v) is 6.94. The van der Waals surface area contributed by atoms with Crippen molar-refractivity contribution in [1.29, 1.82) is 0 Å². The van der Waals surface area contributed by atoms with Gasteiger partial charge in [-0.2, -0.15) is 0 Å². The fourth-order valence-corrected chi connectivity index (χ4v) is 5.45. The number of hydrogen-bond donors (Lipinski definition) is 1. The highest BCUT2D eigenvalue weighted by Gasteiger charge is 2.33. The zero-order valence-electron chi connectivity index (χ0n) is 15.5. The summed E-state index contributed by atoms with van der Waals surface area (Å²) in [5.74, 6) is -0.147. The van der Waals surface area contributed by atoms with Gasteiger partial charge < -0.3 is 14.6 Å². The highest BCUT2D eigenvalue weighted by Crippen LogP contribution is 2.38. The molecule has 5 nitrogen and oxygen atoms in total.